The number of pyridine rings is 1. The SMILES string of the molecule is CCC(C)[C@@H](C(=O)N[C@@H](Cc1ccccc1)C[C@H](O)[C@H](Cc1ccc(-c2ccccn2)cc1)NC(=O)[C@@H](NC(=O)O)C(C)(C)C)N1CCN(Cc2nc3ccccc3n2C)C1=O. The van der Waals surface area contributed by atoms with E-state index in [1.807, 2.05) is 123 Å². The van der Waals surface area contributed by atoms with Crippen molar-refractivity contribution in [1.29, 1.82) is 0 Å². The predicted molar refractivity (Wildman–Crippen MR) is 239 cm³/mol. The molecule has 5 aromatic rings. The highest BCUT2D eigenvalue weighted by Crippen LogP contribution is 2.26. The molecule has 1 saturated heterocycles. The number of carbonyl (C=O) groups is 4. The van der Waals surface area contributed by atoms with E-state index in [0.717, 1.165) is 39.2 Å². The quantitative estimate of drug-likeness (QED) is 0.0694. The van der Waals surface area contributed by atoms with Crippen LogP contribution < -0.4 is 16.0 Å². The lowest BCUT2D eigenvalue weighted by atomic mass is 9.85. The van der Waals surface area contributed by atoms with Gasteiger partial charge in [-0.2, -0.15) is 0 Å². The van der Waals surface area contributed by atoms with Crippen LogP contribution in [0.15, 0.2) is 103 Å². The molecule has 6 atom stereocenters. The van der Waals surface area contributed by atoms with Crippen molar-refractivity contribution in [3.63, 3.8) is 0 Å². The summed E-state index contributed by atoms with van der Waals surface area (Å²) in [6.07, 6.45) is 0.468. The predicted octanol–water partition coefficient (Wildman–Crippen LogP) is 6.18. The fourth-order valence-corrected chi connectivity index (χ4v) is 8.23. The molecule has 2 aromatic heterocycles. The van der Waals surface area contributed by atoms with Gasteiger partial charge in [0, 0.05) is 37.9 Å². The third-order valence-electron chi connectivity index (χ3n) is 11.9. The molecular formula is C48H60N8O6. The number of benzene rings is 3. The molecule has 3 aromatic carbocycles. The summed E-state index contributed by atoms with van der Waals surface area (Å²) >= 11 is 0. The second kappa shape index (κ2) is 20.1. The summed E-state index contributed by atoms with van der Waals surface area (Å²) < 4.78 is 1.99. The molecule has 5 N–H and O–H groups in total. The molecule has 3 heterocycles. The minimum Gasteiger partial charge on any atom is -0.465 e. The number of aryl methyl sites for hydroxylation is 1. The normalized spacial score (nSPS) is 16.0. The summed E-state index contributed by atoms with van der Waals surface area (Å²) in [5, 5.41) is 30.4. The van der Waals surface area contributed by atoms with Gasteiger partial charge in [-0.25, -0.2) is 14.6 Å². The zero-order chi connectivity index (χ0) is 44.6. The molecule has 62 heavy (non-hydrogen) atoms. The van der Waals surface area contributed by atoms with Gasteiger partial charge < -0.3 is 40.5 Å². The van der Waals surface area contributed by atoms with Crippen LogP contribution >= 0.6 is 0 Å². The Morgan fingerprint density at radius 1 is 0.823 bits per heavy atom. The molecule has 1 aliphatic rings. The molecular weight excluding hydrogens is 785 g/mol. The second-order valence-corrected chi connectivity index (χ2v) is 17.5. The van der Waals surface area contributed by atoms with Crippen LogP contribution in [0.25, 0.3) is 22.3 Å². The molecule has 0 aliphatic carbocycles. The van der Waals surface area contributed by atoms with Crippen molar-refractivity contribution < 1.29 is 29.4 Å². The number of aliphatic hydroxyl groups excluding tert-OH is 1. The lowest BCUT2D eigenvalue weighted by Gasteiger charge is -2.35. The first-order valence-electron chi connectivity index (χ1n) is 21.4. The van der Waals surface area contributed by atoms with Crippen LogP contribution in [0.3, 0.4) is 0 Å². The summed E-state index contributed by atoms with van der Waals surface area (Å²) in [5.74, 6) is -0.338. The number of aliphatic hydroxyl groups is 1. The summed E-state index contributed by atoms with van der Waals surface area (Å²) in [6.45, 7) is 10.3. The number of nitrogens with one attached hydrogen (secondary N) is 3. The highest BCUT2D eigenvalue weighted by atomic mass is 16.4. The lowest BCUT2D eigenvalue weighted by Crippen LogP contribution is -2.58. The van der Waals surface area contributed by atoms with E-state index in [1.165, 1.54) is 0 Å². The maximum Gasteiger partial charge on any atom is 0.405 e. The van der Waals surface area contributed by atoms with Crippen molar-refractivity contribution in [1.82, 2.24) is 40.3 Å². The van der Waals surface area contributed by atoms with Crippen LogP contribution in [-0.2, 0) is 36.0 Å². The molecule has 0 saturated carbocycles. The van der Waals surface area contributed by atoms with E-state index in [4.69, 9.17) is 4.98 Å². The number of fused-ring (bicyclic) bond motifs is 1. The Bertz CT molecular complexity index is 2300. The number of hydrogen-bond acceptors (Lipinski definition) is 7. The fourth-order valence-electron chi connectivity index (χ4n) is 8.23. The van der Waals surface area contributed by atoms with Crippen LogP contribution in [0.1, 0.15) is 64.4 Å². The zero-order valence-corrected chi connectivity index (χ0v) is 36.5. The highest BCUT2D eigenvalue weighted by molar-refractivity contribution is 5.89. The van der Waals surface area contributed by atoms with Crippen molar-refractivity contribution in [2.45, 2.75) is 97.1 Å². The van der Waals surface area contributed by atoms with Crippen molar-refractivity contribution in [3.8, 4) is 11.3 Å². The van der Waals surface area contributed by atoms with E-state index in [9.17, 15) is 29.4 Å². The summed E-state index contributed by atoms with van der Waals surface area (Å²) in [4.78, 5) is 67.1. The smallest absolute Gasteiger partial charge is 0.405 e. The van der Waals surface area contributed by atoms with Gasteiger partial charge in [0.2, 0.25) is 11.8 Å². The maximum absolute atomic E-state index is 14.6. The van der Waals surface area contributed by atoms with Gasteiger partial charge in [-0.15, -0.1) is 0 Å². The first-order valence-corrected chi connectivity index (χ1v) is 21.4. The Kier molecular flexibility index (Phi) is 14.6. The monoisotopic (exact) mass is 844 g/mol. The van der Waals surface area contributed by atoms with Crippen molar-refractivity contribution in [2.24, 2.45) is 18.4 Å². The van der Waals surface area contributed by atoms with Gasteiger partial charge in [0.15, 0.2) is 0 Å². The van der Waals surface area contributed by atoms with E-state index in [2.05, 4.69) is 20.9 Å². The van der Waals surface area contributed by atoms with E-state index >= 15 is 0 Å². The number of imidazole rings is 1. The number of nitrogens with zero attached hydrogens (tertiary/aromatic N) is 5. The van der Waals surface area contributed by atoms with Gasteiger partial charge in [0.25, 0.3) is 0 Å². The van der Waals surface area contributed by atoms with Crippen molar-refractivity contribution >= 4 is 35.0 Å². The number of rotatable bonds is 18. The van der Waals surface area contributed by atoms with Crippen LogP contribution in [0, 0.1) is 11.3 Å². The standard InChI is InChI=1S/C48H60N8O6/c1-7-31(2)42(56-26-25-55(47(56)62)30-41-51-37-18-11-12-19-39(37)54(41)6)44(58)50-35(27-32-15-9-8-10-16-32)29-40(57)38(52-45(59)43(48(3,4)5)53-46(60)61)28-33-20-22-34(23-21-33)36-17-13-14-24-49-36/h8-24,31,35,38,40,42-43,53,57H,7,25-30H2,1-6H3,(H,50,58)(H,52,59)(H,60,61)/t31?,35-,38-,40-,42-,43+/m0/s1. The van der Waals surface area contributed by atoms with E-state index in [0.29, 0.717) is 32.5 Å². The maximum atomic E-state index is 14.6. The average Bonchev–Trinajstić information content (AvgIpc) is 3.77. The van der Waals surface area contributed by atoms with Gasteiger partial charge in [0.05, 0.1) is 35.4 Å². The molecule has 14 heteroatoms. The third kappa shape index (κ3) is 11.1. The van der Waals surface area contributed by atoms with Gasteiger partial charge >= 0.3 is 12.1 Å². The number of aromatic nitrogens is 3. The summed E-state index contributed by atoms with van der Waals surface area (Å²) in [7, 11) is 1.94. The minimum atomic E-state index is -1.34. The van der Waals surface area contributed by atoms with Gasteiger partial charge in [-0.1, -0.05) is 114 Å². The van der Waals surface area contributed by atoms with E-state index in [-0.39, 0.29) is 30.7 Å². The molecule has 14 nitrogen and oxygen atoms in total. The van der Waals surface area contributed by atoms with E-state index in [1.54, 1.807) is 36.8 Å². The number of amides is 5. The van der Waals surface area contributed by atoms with Crippen molar-refractivity contribution in [2.75, 3.05) is 13.1 Å². The molecule has 1 unspecified atom stereocenters. The highest BCUT2D eigenvalue weighted by Gasteiger charge is 2.41. The Balaban J connectivity index is 1.25. The van der Waals surface area contributed by atoms with Crippen molar-refractivity contribution in [3.05, 3.63) is 120 Å². The Labute approximate surface area is 363 Å². The zero-order valence-electron chi connectivity index (χ0n) is 36.5. The third-order valence-corrected chi connectivity index (χ3v) is 11.9. The number of carboxylic acid groups (broad SMARTS) is 1. The second-order valence-electron chi connectivity index (χ2n) is 17.5. The fraction of sp³-hybridized carbons (Fsp3) is 0.417. The molecule has 5 amide bonds. The Morgan fingerprint density at radius 2 is 1.50 bits per heavy atom. The molecule has 0 radical (unpaired) electrons. The lowest BCUT2D eigenvalue weighted by molar-refractivity contribution is -0.129. The number of para-hydroxylation sites is 2. The topological polar surface area (TPSA) is 182 Å². The van der Waals surface area contributed by atoms with Gasteiger partial charge in [-0.3, -0.25) is 14.6 Å². The molecule has 0 bridgehead atoms. The van der Waals surface area contributed by atoms with Crippen LogP contribution in [-0.4, -0.2) is 102 Å². The number of carbonyl (C=O) groups excluding carboxylic acids is 3. The van der Waals surface area contributed by atoms with E-state index < -0.39 is 47.7 Å². The first kappa shape index (κ1) is 45.3. The molecule has 1 aliphatic heterocycles. The van der Waals surface area contributed by atoms with Crippen LogP contribution in [0.5, 0.6) is 0 Å². The Hall–Kier alpha value is -6.28. The molecule has 1 fully saturated rings. The Morgan fingerprint density at radius 3 is 2.15 bits per heavy atom. The largest absolute Gasteiger partial charge is 0.465 e. The van der Waals surface area contributed by atoms with Gasteiger partial charge in [-0.05, 0) is 66.0 Å². The molecule has 0 spiro atoms. The first-order chi connectivity index (χ1) is 29.6. The molecule has 328 valence electrons. The average molecular weight is 845 g/mol. The number of urea groups is 1. The molecule has 6 rings (SSSR count). The van der Waals surface area contributed by atoms with Gasteiger partial charge in [0.1, 0.15) is 17.9 Å². The minimum absolute atomic E-state index is 0.0458. The van der Waals surface area contributed by atoms with Crippen LogP contribution in [0.4, 0.5) is 9.59 Å². The summed E-state index contributed by atoms with van der Waals surface area (Å²) in [5.41, 5.74) is 4.50. The number of hydrogen-bond donors (Lipinski definition) is 5. The summed E-state index contributed by atoms with van der Waals surface area (Å²) in [6, 6.07) is 27.2. The van der Waals surface area contributed by atoms with Crippen LogP contribution in [0.2, 0.25) is 0 Å².